The SMILES string of the molecule is Brc1cccc(-c2nc(-c3ccsc3)cs2)c1. The summed E-state index contributed by atoms with van der Waals surface area (Å²) in [6, 6.07) is 10.3. The first-order valence-electron chi connectivity index (χ1n) is 5.07. The smallest absolute Gasteiger partial charge is 0.124 e. The molecule has 0 aliphatic heterocycles. The number of thiazole rings is 1. The third-order valence-corrected chi connectivity index (χ3v) is 4.46. The van der Waals surface area contributed by atoms with E-state index in [1.807, 2.05) is 12.1 Å². The van der Waals surface area contributed by atoms with Gasteiger partial charge in [0.25, 0.3) is 0 Å². The summed E-state index contributed by atoms with van der Waals surface area (Å²) < 4.78 is 1.09. The number of rotatable bonds is 2. The highest BCUT2D eigenvalue weighted by Gasteiger charge is 2.06. The van der Waals surface area contributed by atoms with Gasteiger partial charge in [0.1, 0.15) is 5.01 Å². The van der Waals surface area contributed by atoms with E-state index < -0.39 is 0 Å². The fraction of sp³-hybridized carbons (Fsp3) is 0. The van der Waals surface area contributed by atoms with Crippen molar-refractivity contribution in [3.63, 3.8) is 0 Å². The van der Waals surface area contributed by atoms with Crippen molar-refractivity contribution in [1.82, 2.24) is 4.98 Å². The molecule has 0 spiro atoms. The molecule has 0 saturated heterocycles. The molecule has 0 aliphatic carbocycles. The van der Waals surface area contributed by atoms with Crippen LogP contribution in [0.5, 0.6) is 0 Å². The van der Waals surface area contributed by atoms with Crippen LogP contribution in [0.1, 0.15) is 0 Å². The van der Waals surface area contributed by atoms with Crippen LogP contribution in [0, 0.1) is 0 Å². The van der Waals surface area contributed by atoms with E-state index in [0.717, 1.165) is 20.7 Å². The molecule has 4 heteroatoms. The van der Waals surface area contributed by atoms with Crippen LogP contribution in [0.15, 0.2) is 50.9 Å². The molecule has 0 atom stereocenters. The monoisotopic (exact) mass is 321 g/mol. The molecular weight excluding hydrogens is 314 g/mol. The molecule has 0 saturated carbocycles. The number of nitrogens with zero attached hydrogens (tertiary/aromatic N) is 1. The predicted molar refractivity (Wildman–Crippen MR) is 78.6 cm³/mol. The average Bonchev–Trinajstić information content (AvgIpc) is 3.00. The van der Waals surface area contributed by atoms with Crippen LogP contribution in [-0.4, -0.2) is 4.98 Å². The predicted octanol–water partition coefficient (Wildman–Crippen LogP) is 5.30. The van der Waals surface area contributed by atoms with Crippen molar-refractivity contribution < 1.29 is 0 Å². The Bertz CT molecular complexity index is 628. The van der Waals surface area contributed by atoms with Gasteiger partial charge in [-0.25, -0.2) is 4.98 Å². The van der Waals surface area contributed by atoms with Crippen molar-refractivity contribution in [3.8, 4) is 21.8 Å². The topological polar surface area (TPSA) is 12.9 Å². The van der Waals surface area contributed by atoms with Gasteiger partial charge in [0.05, 0.1) is 5.69 Å². The molecule has 0 unspecified atom stereocenters. The summed E-state index contributed by atoms with van der Waals surface area (Å²) in [4.78, 5) is 4.67. The Morgan fingerprint density at radius 3 is 2.76 bits per heavy atom. The van der Waals surface area contributed by atoms with Crippen LogP contribution in [0.4, 0.5) is 0 Å². The maximum atomic E-state index is 4.67. The second-order valence-corrected chi connectivity index (χ2v) is 6.11. The van der Waals surface area contributed by atoms with Gasteiger partial charge in [-0.1, -0.05) is 28.1 Å². The molecule has 0 radical (unpaired) electrons. The minimum Gasteiger partial charge on any atom is -0.236 e. The maximum Gasteiger partial charge on any atom is 0.124 e. The summed E-state index contributed by atoms with van der Waals surface area (Å²) >= 11 is 6.86. The summed E-state index contributed by atoms with van der Waals surface area (Å²) in [5.74, 6) is 0. The zero-order valence-electron chi connectivity index (χ0n) is 8.76. The highest BCUT2D eigenvalue weighted by molar-refractivity contribution is 9.10. The van der Waals surface area contributed by atoms with Gasteiger partial charge >= 0.3 is 0 Å². The van der Waals surface area contributed by atoms with Gasteiger partial charge in [-0.15, -0.1) is 11.3 Å². The third kappa shape index (κ3) is 2.34. The van der Waals surface area contributed by atoms with Crippen molar-refractivity contribution in [2.75, 3.05) is 0 Å². The zero-order chi connectivity index (χ0) is 11.7. The Morgan fingerprint density at radius 2 is 2.00 bits per heavy atom. The average molecular weight is 322 g/mol. The first-order chi connectivity index (χ1) is 8.33. The molecule has 1 nitrogen and oxygen atoms in total. The number of hydrogen-bond acceptors (Lipinski definition) is 3. The normalized spacial score (nSPS) is 10.6. The van der Waals surface area contributed by atoms with Gasteiger partial charge in [-0.05, 0) is 23.6 Å². The number of aromatic nitrogens is 1. The molecule has 3 rings (SSSR count). The lowest BCUT2D eigenvalue weighted by Crippen LogP contribution is -1.77. The van der Waals surface area contributed by atoms with Crippen molar-refractivity contribution in [2.24, 2.45) is 0 Å². The summed E-state index contributed by atoms with van der Waals surface area (Å²) in [7, 11) is 0. The molecule has 0 N–H and O–H groups in total. The highest BCUT2D eigenvalue weighted by Crippen LogP contribution is 2.30. The van der Waals surface area contributed by atoms with Crippen LogP contribution in [0.3, 0.4) is 0 Å². The Balaban J connectivity index is 2.01. The lowest BCUT2D eigenvalue weighted by molar-refractivity contribution is 1.41. The third-order valence-electron chi connectivity index (χ3n) is 2.39. The molecule has 0 aliphatic rings. The van der Waals surface area contributed by atoms with Gasteiger partial charge in [-0.2, -0.15) is 11.3 Å². The molecule has 3 aromatic rings. The number of thiophene rings is 1. The van der Waals surface area contributed by atoms with Crippen molar-refractivity contribution in [2.45, 2.75) is 0 Å². The fourth-order valence-electron chi connectivity index (χ4n) is 1.57. The highest BCUT2D eigenvalue weighted by atomic mass is 79.9. The molecule has 2 heterocycles. The Kier molecular flexibility index (Phi) is 3.09. The summed E-state index contributed by atoms with van der Waals surface area (Å²) in [6.07, 6.45) is 0. The number of benzene rings is 1. The maximum absolute atomic E-state index is 4.67. The van der Waals surface area contributed by atoms with Crippen molar-refractivity contribution in [1.29, 1.82) is 0 Å². The lowest BCUT2D eigenvalue weighted by atomic mass is 10.2. The number of halogens is 1. The Labute approximate surface area is 116 Å². The van der Waals surface area contributed by atoms with E-state index in [-0.39, 0.29) is 0 Å². The quantitative estimate of drug-likeness (QED) is 0.624. The van der Waals surface area contributed by atoms with E-state index in [1.165, 1.54) is 5.56 Å². The molecule has 1 aromatic carbocycles. The van der Waals surface area contributed by atoms with Gasteiger partial charge in [0.2, 0.25) is 0 Å². The summed E-state index contributed by atoms with van der Waals surface area (Å²) in [6.45, 7) is 0. The van der Waals surface area contributed by atoms with Crippen LogP contribution in [0.25, 0.3) is 21.8 Å². The van der Waals surface area contributed by atoms with Gasteiger partial charge in [-0.3, -0.25) is 0 Å². The molecule has 2 aromatic heterocycles. The van der Waals surface area contributed by atoms with E-state index in [4.69, 9.17) is 0 Å². The minimum absolute atomic E-state index is 1.06. The second-order valence-electron chi connectivity index (χ2n) is 3.56. The van der Waals surface area contributed by atoms with E-state index in [0.29, 0.717) is 0 Å². The fourth-order valence-corrected chi connectivity index (χ4v) is 3.45. The zero-order valence-corrected chi connectivity index (χ0v) is 12.0. The standard InChI is InChI=1S/C13H8BrNS2/c14-11-3-1-2-9(6-11)13-15-12(8-17-13)10-4-5-16-7-10/h1-8H. The van der Waals surface area contributed by atoms with Gasteiger partial charge in [0, 0.05) is 26.4 Å². The van der Waals surface area contributed by atoms with E-state index in [1.54, 1.807) is 22.7 Å². The molecule has 17 heavy (non-hydrogen) atoms. The minimum atomic E-state index is 1.06. The molecule has 0 fully saturated rings. The molecule has 0 bridgehead atoms. The van der Waals surface area contributed by atoms with E-state index in [2.05, 4.69) is 55.3 Å². The summed E-state index contributed by atoms with van der Waals surface area (Å²) in [5, 5.41) is 7.37. The van der Waals surface area contributed by atoms with E-state index in [9.17, 15) is 0 Å². The Morgan fingerprint density at radius 1 is 1.06 bits per heavy atom. The van der Waals surface area contributed by atoms with Crippen LogP contribution >= 0.6 is 38.6 Å². The van der Waals surface area contributed by atoms with Crippen LogP contribution in [0.2, 0.25) is 0 Å². The van der Waals surface area contributed by atoms with Gasteiger partial charge < -0.3 is 0 Å². The summed E-state index contributed by atoms with van der Waals surface area (Å²) in [5.41, 5.74) is 3.42. The van der Waals surface area contributed by atoms with Gasteiger partial charge in [0.15, 0.2) is 0 Å². The van der Waals surface area contributed by atoms with Crippen molar-refractivity contribution in [3.05, 3.63) is 50.9 Å². The second kappa shape index (κ2) is 4.72. The molecule has 84 valence electrons. The first-order valence-corrected chi connectivity index (χ1v) is 7.68. The molecule has 0 amide bonds. The first kappa shape index (κ1) is 11.1. The van der Waals surface area contributed by atoms with Crippen LogP contribution in [-0.2, 0) is 0 Å². The Hall–Kier alpha value is -0.970. The number of hydrogen-bond donors (Lipinski definition) is 0. The van der Waals surface area contributed by atoms with E-state index >= 15 is 0 Å². The van der Waals surface area contributed by atoms with Crippen molar-refractivity contribution >= 4 is 38.6 Å². The lowest BCUT2D eigenvalue weighted by Gasteiger charge is -1.96. The molecular formula is C13H8BrNS2. The largest absolute Gasteiger partial charge is 0.236 e. The van der Waals surface area contributed by atoms with Crippen LogP contribution < -0.4 is 0 Å².